The fraction of sp³-hybridized carbons (Fsp3) is 0.282. The first-order valence-corrected chi connectivity index (χ1v) is 34.5. The van der Waals surface area contributed by atoms with Crippen LogP contribution < -0.4 is 31.5 Å². The Kier molecular flexibility index (Phi) is 28.8. The van der Waals surface area contributed by atoms with Gasteiger partial charge in [-0.25, -0.2) is 34.9 Å². The molecule has 8 heterocycles. The summed E-state index contributed by atoms with van der Waals surface area (Å²) in [4.78, 5) is 38.9. The Morgan fingerprint density at radius 2 is 0.642 bits per heavy atom. The molecule has 14 rings (SSSR count). The van der Waals surface area contributed by atoms with Crippen LogP contribution in [0.4, 0.5) is 57.5 Å². The molecule has 6 radical (unpaired) electrons. The first kappa shape index (κ1) is 84.5. The number of hydrogen-bond donors (Lipinski definition) is 3. The lowest BCUT2D eigenvalue weighted by Crippen LogP contribution is -2.14. The molecule has 14 aromatic rings. The van der Waals surface area contributed by atoms with Gasteiger partial charge in [-0.2, -0.15) is 25.4 Å². The van der Waals surface area contributed by atoms with Crippen molar-refractivity contribution in [1.82, 2.24) is 79.0 Å². The van der Waals surface area contributed by atoms with E-state index in [1.54, 1.807) is 24.7 Å². The molecule has 106 heavy (non-hydrogen) atoms. The quantitative estimate of drug-likeness (QED) is 0.0553. The monoisotopic (exact) mass is 1500 g/mol. The number of fused-ring (bicyclic) bond motifs is 4. The number of rotatable bonds is 8. The molecule has 0 aliphatic carbocycles. The third-order valence-electron chi connectivity index (χ3n) is 18.0. The van der Waals surface area contributed by atoms with Crippen molar-refractivity contribution in [2.24, 2.45) is 28.2 Å². The summed E-state index contributed by atoms with van der Waals surface area (Å²) in [5, 5.41) is 27.0. The molecule has 28 heteroatoms. The average molecular weight is 1500 g/mol. The zero-order valence-electron chi connectivity index (χ0n) is 63.4. The second kappa shape index (κ2) is 36.1. The lowest BCUT2D eigenvalue weighted by molar-refractivity contribution is 0.783. The molecule has 0 unspecified atom stereocenters. The smallest absolute Gasteiger partial charge is 0.229 e. The third-order valence-corrected chi connectivity index (χ3v) is 18.8. The number of nitrogens with one attached hydrogen (secondary N) is 1. The van der Waals surface area contributed by atoms with Crippen LogP contribution in [-0.4, -0.2) is 117 Å². The van der Waals surface area contributed by atoms with Crippen LogP contribution in [0.1, 0.15) is 85.8 Å². The molecular formula is C78H92B2Cl4N22. The summed E-state index contributed by atoms with van der Waals surface area (Å²) in [5.41, 5.74) is 38.1. The maximum atomic E-state index is 5.88. The van der Waals surface area contributed by atoms with Crippen LogP contribution in [0.2, 0.25) is 21.0 Å². The normalized spacial score (nSPS) is 10.5. The number of aryl methyl sites for hydroxylation is 18. The van der Waals surface area contributed by atoms with E-state index in [2.05, 4.69) is 182 Å². The van der Waals surface area contributed by atoms with Crippen LogP contribution in [0.5, 0.6) is 0 Å². The molecule has 6 aromatic carbocycles. The summed E-state index contributed by atoms with van der Waals surface area (Å²) >= 11 is 22.5. The van der Waals surface area contributed by atoms with E-state index in [1.807, 2.05) is 150 Å². The fourth-order valence-electron chi connectivity index (χ4n) is 11.9. The Bertz CT molecular complexity index is 5190. The van der Waals surface area contributed by atoms with Crippen LogP contribution in [0.15, 0.2) is 122 Å². The minimum atomic E-state index is 0. The molecule has 0 fully saturated rings. The van der Waals surface area contributed by atoms with Gasteiger partial charge in [0, 0.05) is 147 Å². The van der Waals surface area contributed by atoms with E-state index in [-0.39, 0.29) is 40.1 Å². The van der Waals surface area contributed by atoms with E-state index < -0.39 is 0 Å². The van der Waals surface area contributed by atoms with Crippen molar-refractivity contribution < 1.29 is 0 Å². The molecular weight excluding hydrogens is 1410 g/mol. The molecule has 0 saturated carbocycles. The average Bonchev–Trinajstić information content (AvgIpc) is 1.55. The molecule has 0 atom stereocenters. The first-order chi connectivity index (χ1) is 48.7. The second-order valence-corrected chi connectivity index (χ2v) is 27.0. The molecule has 0 spiro atoms. The van der Waals surface area contributed by atoms with Gasteiger partial charge in [-0.1, -0.05) is 31.2 Å². The van der Waals surface area contributed by atoms with Gasteiger partial charge in [-0.05, 0) is 272 Å². The molecule has 22 nitrogen and oxygen atoms in total. The number of nitrogens with two attached hydrogens (primary N) is 2. The molecule has 0 saturated heterocycles. The summed E-state index contributed by atoms with van der Waals surface area (Å²) in [6.45, 7) is 28.9. The number of hydrogen-bond acceptors (Lipinski definition) is 18. The first-order valence-electron chi connectivity index (χ1n) is 33.0. The Labute approximate surface area is 645 Å². The van der Waals surface area contributed by atoms with Crippen molar-refractivity contribution in [3.63, 3.8) is 0 Å². The Morgan fingerprint density at radius 3 is 1.00 bits per heavy atom. The van der Waals surface area contributed by atoms with Gasteiger partial charge in [-0.3, -0.25) is 18.7 Å². The molecule has 548 valence electrons. The molecule has 0 aliphatic rings. The maximum Gasteiger partial charge on any atom is 0.229 e. The number of nitrogen functional groups attached to an aromatic ring is 2. The molecule has 0 amide bonds. The molecule has 5 N–H and O–H groups in total. The van der Waals surface area contributed by atoms with Crippen LogP contribution >= 0.6 is 46.4 Å². The van der Waals surface area contributed by atoms with E-state index >= 15 is 0 Å². The number of halogens is 4. The molecule has 8 aromatic heterocycles. The van der Waals surface area contributed by atoms with Crippen molar-refractivity contribution in [2.75, 3.05) is 52.6 Å². The van der Waals surface area contributed by atoms with Crippen LogP contribution in [0, 0.1) is 96.9 Å². The second-order valence-electron chi connectivity index (χ2n) is 25.6. The van der Waals surface area contributed by atoms with E-state index in [0.29, 0.717) is 11.1 Å². The number of aromatic nitrogens is 16. The number of anilines is 10. The predicted molar refractivity (Wildman–Crippen MR) is 445 cm³/mol. The summed E-state index contributed by atoms with van der Waals surface area (Å²) in [6, 6.07) is 32.6. The highest BCUT2D eigenvalue weighted by atomic mass is 35.5. The predicted octanol–water partition coefficient (Wildman–Crippen LogP) is 17.8. The Balaban J connectivity index is 0.000000208. The van der Waals surface area contributed by atoms with E-state index in [1.165, 1.54) is 66.7 Å². The fourth-order valence-corrected chi connectivity index (χ4v) is 12.5. The summed E-state index contributed by atoms with van der Waals surface area (Å²) in [5.74, 6) is 2.93. The van der Waals surface area contributed by atoms with Crippen molar-refractivity contribution in [3.05, 3.63) is 221 Å². The lowest BCUT2D eigenvalue weighted by Gasteiger charge is -2.21. The summed E-state index contributed by atoms with van der Waals surface area (Å²) in [6.07, 6.45) is 6.60. The minimum Gasteiger partial charge on any atom is -0.399 e. The van der Waals surface area contributed by atoms with Gasteiger partial charge in [0.2, 0.25) is 21.8 Å². The topological polar surface area (TPSA) is 248 Å². The Morgan fingerprint density at radius 1 is 0.340 bits per heavy atom. The van der Waals surface area contributed by atoms with Crippen molar-refractivity contribution in [1.29, 1.82) is 0 Å². The SMILES string of the molecule is C.Cc1cc(C)c(N)cc1C.Cc1cc(C)c(Nc2nccc(N(C)c3cc4c(cc3C)c(C)nn4C)n2)cc1C.Cc1cc2c(C)nn(C)c2cc1N.Cc1cc2c(C)nn(C)c2cc1N(C)c1ccnc(Cl)n1.Cc1cc2c(C)nn(C)c2cc1N(C)c1ccnc(Cl)n1.Clc1ccnc(Cl)n1.[B].[B]. The highest BCUT2D eigenvalue weighted by Gasteiger charge is 2.19. The van der Waals surface area contributed by atoms with Gasteiger partial charge in [-0.15, -0.1) is 0 Å². The van der Waals surface area contributed by atoms with Crippen LogP contribution in [-0.2, 0) is 28.2 Å². The Hall–Kier alpha value is -10.4. The highest BCUT2D eigenvalue weighted by molar-refractivity contribution is 6.31. The standard InChI is InChI=1S/C24H28N6.2C15H16ClN5.C10H13N3.C9H13N.C4H2Cl2N2.CH4.2B/c1-14-10-16(3)20(12-15(14)2)26-24-25-9-8-23(27-24)29(6)21-13-22-19(11-17(21)4)18(5)28-30(22)7;2*1-9-7-11-10(2)19-21(4)13(11)8-12(9)20(3)14-5-6-17-15(16)18-14;1-6-4-8-7(2)12-13(3)10(8)5-9(6)11;1-6-4-8(3)9(10)5-7(6)2;5-3-1-2-7-4(6)8-3;;;/h8-13H,1-7H3,(H,25,26,27);2*5-8H,1-4H3;4-5H,11H2,1-3H3;4-5H,10H2,1-3H3;1-2H;1H4;;. The van der Waals surface area contributed by atoms with Gasteiger partial charge < -0.3 is 31.5 Å². The van der Waals surface area contributed by atoms with Gasteiger partial charge >= 0.3 is 0 Å². The van der Waals surface area contributed by atoms with Gasteiger partial charge in [0.05, 0.1) is 44.8 Å². The minimum absolute atomic E-state index is 0. The van der Waals surface area contributed by atoms with Crippen molar-refractivity contribution >= 4 is 164 Å². The third kappa shape index (κ3) is 19.8. The largest absolute Gasteiger partial charge is 0.399 e. The van der Waals surface area contributed by atoms with Gasteiger partial charge in [0.25, 0.3) is 0 Å². The lowest BCUT2D eigenvalue weighted by atomic mass is 10.1. The van der Waals surface area contributed by atoms with Crippen LogP contribution in [0.25, 0.3) is 43.6 Å². The summed E-state index contributed by atoms with van der Waals surface area (Å²) < 4.78 is 7.58. The maximum absolute atomic E-state index is 5.88. The molecule has 0 aliphatic heterocycles. The zero-order chi connectivity index (χ0) is 75.2. The van der Waals surface area contributed by atoms with Crippen LogP contribution in [0.3, 0.4) is 0 Å². The zero-order valence-corrected chi connectivity index (χ0v) is 66.4. The van der Waals surface area contributed by atoms with Gasteiger partial charge in [0.15, 0.2) is 0 Å². The highest BCUT2D eigenvalue weighted by Crippen LogP contribution is 2.35. The molecule has 0 bridgehead atoms. The van der Waals surface area contributed by atoms with Crippen molar-refractivity contribution in [2.45, 2.75) is 104 Å². The van der Waals surface area contributed by atoms with Gasteiger partial charge in [0.1, 0.15) is 22.6 Å². The van der Waals surface area contributed by atoms with E-state index in [9.17, 15) is 0 Å². The summed E-state index contributed by atoms with van der Waals surface area (Å²) in [7, 11) is 13.8. The van der Waals surface area contributed by atoms with Crippen molar-refractivity contribution in [3.8, 4) is 0 Å². The van der Waals surface area contributed by atoms with E-state index in [0.717, 1.165) is 113 Å². The number of nitrogens with zero attached hydrogens (tertiary/aromatic N) is 19. The van der Waals surface area contributed by atoms with E-state index in [4.69, 9.17) is 62.9 Å². The number of benzene rings is 6.